The highest BCUT2D eigenvalue weighted by Crippen LogP contribution is 2.48. The molecule has 0 aliphatic rings. The van der Waals surface area contributed by atoms with Gasteiger partial charge in [-0.15, -0.1) is 0 Å². The molecule has 0 unspecified atom stereocenters. The standard InChI is InChI=1S/C16H10Cl4O6S/c17-7-1-9(19)15(11(3-7)25-5-13(21)22)27-16-10(20)2-8(18)4-12(16)26-6-14(23)24/h1-4H,5-6H2,(H,21,22)(H,23,24). The molecular weight excluding hydrogens is 462 g/mol. The summed E-state index contributed by atoms with van der Waals surface area (Å²) >= 11 is 25.4. The molecule has 0 aliphatic heterocycles. The third-order valence-electron chi connectivity index (χ3n) is 2.86. The molecule has 0 saturated heterocycles. The Labute approximate surface area is 177 Å². The Morgan fingerprint density at radius 3 is 1.48 bits per heavy atom. The fourth-order valence-electron chi connectivity index (χ4n) is 1.87. The average Bonchev–Trinajstić information content (AvgIpc) is 2.55. The molecule has 0 spiro atoms. The van der Waals surface area contributed by atoms with Crippen LogP contribution in [0.2, 0.25) is 20.1 Å². The molecule has 0 saturated carbocycles. The van der Waals surface area contributed by atoms with Crippen LogP contribution in [0, 0.1) is 0 Å². The van der Waals surface area contributed by atoms with E-state index in [-0.39, 0.29) is 31.6 Å². The fourth-order valence-corrected chi connectivity index (χ4v) is 4.00. The lowest BCUT2D eigenvalue weighted by Gasteiger charge is -2.16. The molecular formula is C16H10Cl4O6S. The van der Waals surface area contributed by atoms with Gasteiger partial charge in [0.2, 0.25) is 0 Å². The first-order valence-electron chi connectivity index (χ1n) is 7.02. The number of halogens is 4. The van der Waals surface area contributed by atoms with Gasteiger partial charge in [0, 0.05) is 22.2 Å². The fraction of sp³-hybridized carbons (Fsp3) is 0.125. The molecule has 0 fully saturated rings. The highest BCUT2D eigenvalue weighted by Gasteiger charge is 2.19. The van der Waals surface area contributed by atoms with Gasteiger partial charge in [-0.3, -0.25) is 0 Å². The van der Waals surface area contributed by atoms with Crippen molar-refractivity contribution in [2.75, 3.05) is 13.2 Å². The smallest absolute Gasteiger partial charge is 0.341 e. The van der Waals surface area contributed by atoms with E-state index in [1.807, 2.05) is 0 Å². The van der Waals surface area contributed by atoms with Crippen molar-refractivity contribution in [1.29, 1.82) is 0 Å². The summed E-state index contributed by atoms with van der Waals surface area (Å²) in [6.45, 7) is -1.22. The van der Waals surface area contributed by atoms with E-state index in [4.69, 9.17) is 66.1 Å². The van der Waals surface area contributed by atoms with Gasteiger partial charge in [0.1, 0.15) is 11.5 Å². The third-order valence-corrected chi connectivity index (χ3v) is 5.36. The summed E-state index contributed by atoms with van der Waals surface area (Å²) in [5.74, 6) is -2.13. The van der Waals surface area contributed by atoms with E-state index >= 15 is 0 Å². The van der Waals surface area contributed by atoms with Crippen molar-refractivity contribution in [3.05, 3.63) is 44.4 Å². The van der Waals surface area contributed by atoms with Gasteiger partial charge in [-0.05, 0) is 12.1 Å². The first-order valence-corrected chi connectivity index (χ1v) is 9.35. The lowest BCUT2D eigenvalue weighted by molar-refractivity contribution is -0.140. The van der Waals surface area contributed by atoms with Gasteiger partial charge in [-0.2, -0.15) is 0 Å². The molecule has 0 aromatic heterocycles. The van der Waals surface area contributed by atoms with Gasteiger partial charge in [-0.1, -0.05) is 58.2 Å². The quantitative estimate of drug-likeness (QED) is 0.533. The minimum Gasteiger partial charge on any atom is -0.481 e. The number of aliphatic carboxylic acids is 2. The maximum Gasteiger partial charge on any atom is 0.341 e. The largest absolute Gasteiger partial charge is 0.481 e. The molecule has 0 heterocycles. The zero-order chi connectivity index (χ0) is 20.1. The predicted molar refractivity (Wildman–Crippen MR) is 103 cm³/mol. The second kappa shape index (κ2) is 9.61. The van der Waals surface area contributed by atoms with Gasteiger partial charge < -0.3 is 19.7 Å². The molecule has 6 nitrogen and oxygen atoms in total. The summed E-state index contributed by atoms with van der Waals surface area (Å²) in [5, 5.41) is 18.5. The van der Waals surface area contributed by atoms with E-state index in [1.54, 1.807) is 0 Å². The van der Waals surface area contributed by atoms with Crippen LogP contribution >= 0.6 is 58.2 Å². The van der Waals surface area contributed by atoms with E-state index in [1.165, 1.54) is 24.3 Å². The molecule has 27 heavy (non-hydrogen) atoms. The number of hydrogen-bond donors (Lipinski definition) is 2. The maximum atomic E-state index is 10.8. The van der Waals surface area contributed by atoms with Crippen LogP contribution in [-0.2, 0) is 9.59 Å². The minimum atomic E-state index is -1.18. The summed E-state index contributed by atoms with van der Waals surface area (Å²) in [5.41, 5.74) is 0. The van der Waals surface area contributed by atoms with Gasteiger partial charge in [0.05, 0.1) is 19.8 Å². The van der Waals surface area contributed by atoms with Crippen molar-refractivity contribution in [2.24, 2.45) is 0 Å². The maximum absolute atomic E-state index is 10.8. The zero-order valence-corrected chi connectivity index (χ0v) is 17.0. The van der Waals surface area contributed by atoms with Crippen LogP contribution in [0.5, 0.6) is 11.5 Å². The topological polar surface area (TPSA) is 93.1 Å². The number of hydrogen-bond acceptors (Lipinski definition) is 5. The lowest BCUT2D eigenvalue weighted by Crippen LogP contribution is -2.10. The first kappa shape index (κ1) is 21.8. The zero-order valence-electron chi connectivity index (χ0n) is 13.2. The van der Waals surface area contributed by atoms with E-state index in [0.29, 0.717) is 9.79 Å². The first-order chi connectivity index (χ1) is 12.7. The predicted octanol–water partition coefficient (Wildman–Crippen LogP) is 5.38. The number of rotatable bonds is 8. The monoisotopic (exact) mass is 470 g/mol. The Morgan fingerprint density at radius 1 is 0.778 bits per heavy atom. The van der Waals surface area contributed by atoms with E-state index < -0.39 is 25.2 Å². The number of carboxylic acids is 2. The molecule has 0 aliphatic carbocycles. The molecule has 0 atom stereocenters. The Bertz CT molecular complexity index is 818. The van der Waals surface area contributed by atoms with Crippen molar-refractivity contribution in [2.45, 2.75) is 9.79 Å². The molecule has 2 aromatic carbocycles. The van der Waals surface area contributed by atoms with Crippen molar-refractivity contribution in [3.63, 3.8) is 0 Å². The Balaban J connectivity index is 2.46. The van der Waals surface area contributed by atoms with E-state index in [9.17, 15) is 9.59 Å². The highest BCUT2D eigenvalue weighted by molar-refractivity contribution is 7.99. The van der Waals surface area contributed by atoms with Crippen LogP contribution in [0.25, 0.3) is 0 Å². The Morgan fingerprint density at radius 2 is 1.15 bits per heavy atom. The molecule has 0 amide bonds. The second-order valence-electron chi connectivity index (χ2n) is 4.90. The lowest BCUT2D eigenvalue weighted by atomic mass is 10.3. The van der Waals surface area contributed by atoms with Crippen LogP contribution < -0.4 is 9.47 Å². The Kier molecular flexibility index (Phi) is 7.76. The second-order valence-corrected chi connectivity index (χ2v) is 7.60. The summed E-state index contributed by atoms with van der Waals surface area (Å²) in [4.78, 5) is 22.2. The van der Waals surface area contributed by atoms with Crippen molar-refractivity contribution in [1.82, 2.24) is 0 Å². The van der Waals surface area contributed by atoms with Crippen LogP contribution in [-0.4, -0.2) is 35.4 Å². The van der Waals surface area contributed by atoms with Crippen LogP contribution in [0.3, 0.4) is 0 Å². The number of ether oxygens (including phenoxy) is 2. The summed E-state index contributed by atoms with van der Waals surface area (Å²) < 4.78 is 10.5. The summed E-state index contributed by atoms with van der Waals surface area (Å²) in [7, 11) is 0. The van der Waals surface area contributed by atoms with E-state index in [2.05, 4.69) is 0 Å². The van der Waals surface area contributed by atoms with Gasteiger partial charge in [0.15, 0.2) is 13.2 Å². The number of carboxylic acid groups (broad SMARTS) is 2. The van der Waals surface area contributed by atoms with Crippen molar-refractivity contribution >= 4 is 70.1 Å². The van der Waals surface area contributed by atoms with Crippen LogP contribution in [0.1, 0.15) is 0 Å². The van der Waals surface area contributed by atoms with Crippen molar-refractivity contribution < 1.29 is 29.3 Å². The molecule has 2 rings (SSSR count). The molecule has 2 aromatic rings. The third kappa shape index (κ3) is 6.26. The van der Waals surface area contributed by atoms with Gasteiger partial charge in [-0.25, -0.2) is 9.59 Å². The van der Waals surface area contributed by atoms with E-state index in [0.717, 1.165) is 11.8 Å². The molecule has 0 radical (unpaired) electrons. The highest BCUT2D eigenvalue weighted by atomic mass is 35.5. The molecule has 0 bridgehead atoms. The molecule has 11 heteroatoms. The Hall–Kier alpha value is -1.51. The van der Waals surface area contributed by atoms with Gasteiger partial charge >= 0.3 is 11.9 Å². The van der Waals surface area contributed by atoms with Crippen LogP contribution in [0.4, 0.5) is 0 Å². The number of benzene rings is 2. The average molecular weight is 472 g/mol. The SMILES string of the molecule is O=C(O)COc1cc(Cl)cc(Cl)c1Sc1c(Cl)cc(Cl)cc1OCC(=O)O. The minimum absolute atomic E-state index is 0.120. The summed E-state index contributed by atoms with van der Waals surface area (Å²) in [6.07, 6.45) is 0. The van der Waals surface area contributed by atoms with Crippen molar-refractivity contribution in [3.8, 4) is 11.5 Å². The number of carbonyl (C=O) groups is 2. The van der Waals surface area contributed by atoms with Gasteiger partial charge in [0.25, 0.3) is 0 Å². The normalized spacial score (nSPS) is 10.5. The summed E-state index contributed by atoms with van der Waals surface area (Å²) in [6, 6.07) is 5.70. The molecule has 144 valence electrons. The molecule has 2 N–H and O–H groups in total. The van der Waals surface area contributed by atoms with Crippen LogP contribution in [0.15, 0.2) is 34.1 Å².